The number of para-hydroxylation sites is 1. The lowest BCUT2D eigenvalue weighted by molar-refractivity contribution is 0.0499. The van der Waals surface area contributed by atoms with Crippen LogP contribution in [0.1, 0.15) is 46.2 Å². The van der Waals surface area contributed by atoms with E-state index in [9.17, 15) is 14.7 Å². The number of esters is 1. The molecule has 0 fully saturated rings. The average molecular weight is 406 g/mol. The van der Waals surface area contributed by atoms with Crippen LogP contribution in [0.3, 0.4) is 0 Å². The average Bonchev–Trinajstić information content (AvgIpc) is 3.23. The van der Waals surface area contributed by atoms with Crippen molar-refractivity contribution < 1.29 is 23.8 Å². The zero-order valence-electron chi connectivity index (χ0n) is 16.5. The molecule has 3 rings (SSSR count). The van der Waals surface area contributed by atoms with Gasteiger partial charge in [0.05, 0.1) is 23.9 Å². The van der Waals surface area contributed by atoms with Crippen LogP contribution in [0.4, 0.5) is 0 Å². The third-order valence-electron chi connectivity index (χ3n) is 4.27. The largest absolute Gasteiger partial charge is 0.507 e. The maximum Gasteiger partial charge on any atom is 0.338 e. The van der Waals surface area contributed by atoms with E-state index < -0.39 is 5.91 Å². The van der Waals surface area contributed by atoms with Gasteiger partial charge in [-0.15, -0.1) is 0 Å². The summed E-state index contributed by atoms with van der Waals surface area (Å²) in [4.78, 5) is 24.0. The molecule has 0 aliphatic heterocycles. The number of hydrazone groups is 1. The van der Waals surface area contributed by atoms with Gasteiger partial charge < -0.3 is 14.3 Å². The van der Waals surface area contributed by atoms with E-state index in [0.29, 0.717) is 23.7 Å². The number of furan rings is 1. The molecule has 1 aromatic heterocycles. The highest BCUT2D eigenvalue weighted by molar-refractivity contribution is 5.97. The summed E-state index contributed by atoms with van der Waals surface area (Å²) >= 11 is 0. The fourth-order valence-corrected chi connectivity index (χ4v) is 2.62. The lowest BCUT2D eigenvalue weighted by Gasteiger charge is -2.04. The van der Waals surface area contributed by atoms with Gasteiger partial charge in [0.15, 0.2) is 0 Å². The number of carbonyl (C=O) groups is 2. The molecule has 0 bridgehead atoms. The zero-order valence-corrected chi connectivity index (χ0v) is 16.5. The molecule has 0 radical (unpaired) electrons. The summed E-state index contributed by atoms with van der Waals surface area (Å²) < 4.78 is 10.9. The molecule has 7 nitrogen and oxygen atoms in total. The quantitative estimate of drug-likeness (QED) is 0.250. The minimum absolute atomic E-state index is 0.122. The first-order chi connectivity index (χ1) is 14.6. The second-order valence-electron chi connectivity index (χ2n) is 6.49. The van der Waals surface area contributed by atoms with Gasteiger partial charge in [0.2, 0.25) is 0 Å². The van der Waals surface area contributed by atoms with Crippen molar-refractivity contribution >= 4 is 18.1 Å². The first-order valence-corrected chi connectivity index (χ1v) is 9.57. The molecular weight excluding hydrogens is 384 g/mol. The SMILES string of the molecule is CCCCOC(=O)c1ccc(-c2ccc(/C=N/NC(=O)c3ccccc3O)o2)cc1. The van der Waals surface area contributed by atoms with Crippen molar-refractivity contribution in [3.63, 3.8) is 0 Å². The number of rotatable bonds is 8. The van der Waals surface area contributed by atoms with Crippen LogP contribution >= 0.6 is 0 Å². The van der Waals surface area contributed by atoms with Crippen LogP contribution in [-0.2, 0) is 4.74 Å². The van der Waals surface area contributed by atoms with Gasteiger partial charge in [0.25, 0.3) is 5.91 Å². The molecule has 2 aromatic carbocycles. The minimum Gasteiger partial charge on any atom is -0.507 e. The Bertz CT molecular complexity index is 1040. The summed E-state index contributed by atoms with van der Waals surface area (Å²) in [5.74, 6) is 0.0307. The number of aromatic hydroxyl groups is 1. The van der Waals surface area contributed by atoms with E-state index in [4.69, 9.17) is 9.15 Å². The fourth-order valence-electron chi connectivity index (χ4n) is 2.62. The predicted octanol–water partition coefficient (Wildman–Crippen LogP) is 4.37. The Hall–Kier alpha value is -3.87. The van der Waals surface area contributed by atoms with Crippen molar-refractivity contribution in [2.45, 2.75) is 19.8 Å². The predicted molar refractivity (Wildman–Crippen MR) is 113 cm³/mol. The Morgan fingerprint density at radius 1 is 1.10 bits per heavy atom. The maximum atomic E-state index is 12.0. The molecule has 0 aliphatic rings. The van der Waals surface area contributed by atoms with E-state index in [-0.39, 0.29) is 17.3 Å². The number of phenols is 1. The Kier molecular flexibility index (Phi) is 7.00. The van der Waals surface area contributed by atoms with Crippen LogP contribution in [0.2, 0.25) is 0 Å². The van der Waals surface area contributed by atoms with Crippen LogP contribution in [0.5, 0.6) is 5.75 Å². The third-order valence-corrected chi connectivity index (χ3v) is 4.27. The number of phenolic OH excluding ortho intramolecular Hbond substituents is 1. The van der Waals surface area contributed by atoms with Crippen LogP contribution in [-0.4, -0.2) is 29.8 Å². The van der Waals surface area contributed by atoms with Gasteiger partial charge >= 0.3 is 5.97 Å². The molecule has 0 aliphatic carbocycles. The van der Waals surface area contributed by atoms with Crippen molar-refractivity contribution in [1.29, 1.82) is 0 Å². The molecule has 0 unspecified atom stereocenters. The second-order valence-corrected chi connectivity index (χ2v) is 6.49. The molecule has 30 heavy (non-hydrogen) atoms. The van der Waals surface area contributed by atoms with Crippen molar-refractivity contribution in [2.75, 3.05) is 6.61 Å². The molecular formula is C23H22N2O5. The zero-order chi connectivity index (χ0) is 21.3. The number of nitrogens with one attached hydrogen (secondary N) is 1. The lowest BCUT2D eigenvalue weighted by Crippen LogP contribution is -2.17. The third kappa shape index (κ3) is 5.35. The van der Waals surface area contributed by atoms with E-state index in [2.05, 4.69) is 10.5 Å². The number of nitrogens with zero attached hydrogens (tertiary/aromatic N) is 1. The minimum atomic E-state index is -0.530. The summed E-state index contributed by atoms with van der Waals surface area (Å²) in [7, 11) is 0. The molecule has 154 valence electrons. The highest BCUT2D eigenvalue weighted by Gasteiger charge is 2.10. The van der Waals surface area contributed by atoms with Gasteiger partial charge in [0, 0.05) is 5.56 Å². The summed E-state index contributed by atoms with van der Waals surface area (Å²) in [5, 5.41) is 13.5. The number of benzene rings is 2. The van der Waals surface area contributed by atoms with E-state index in [1.165, 1.54) is 18.3 Å². The normalized spacial score (nSPS) is 10.8. The van der Waals surface area contributed by atoms with Gasteiger partial charge in [-0.25, -0.2) is 10.2 Å². The summed E-state index contributed by atoms with van der Waals surface area (Å²) in [6, 6.07) is 16.6. The highest BCUT2D eigenvalue weighted by Crippen LogP contribution is 2.22. The molecule has 1 heterocycles. The number of unbranched alkanes of at least 4 members (excludes halogenated alkanes) is 1. The maximum absolute atomic E-state index is 12.0. The van der Waals surface area contributed by atoms with Gasteiger partial charge in [0.1, 0.15) is 17.3 Å². The van der Waals surface area contributed by atoms with Crippen LogP contribution in [0.15, 0.2) is 70.2 Å². The summed E-state index contributed by atoms with van der Waals surface area (Å²) in [5.41, 5.74) is 3.74. The highest BCUT2D eigenvalue weighted by atomic mass is 16.5. The molecule has 2 N–H and O–H groups in total. The fraction of sp³-hybridized carbons (Fsp3) is 0.174. The number of carbonyl (C=O) groups excluding carboxylic acids is 2. The molecule has 7 heteroatoms. The van der Waals surface area contributed by atoms with Crippen molar-refractivity contribution in [1.82, 2.24) is 5.43 Å². The lowest BCUT2D eigenvalue weighted by atomic mass is 10.1. The Labute approximate surface area is 174 Å². The molecule has 3 aromatic rings. The van der Waals surface area contributed by atoms with Crippen molar-refractivity contribution in [3.8, 4) is 17.1 Å². The Balaban J connectivity index is 1.59. The standard InChI is InChI=1S/C23H22N2O5/c1-2-3-14-29-23(28)17-10-8-16(9-11-17)21-13-12-18(30-21)15-24-25-22(27)19-6-4-5-7-20(19)26/h4-13,15,26H,2-3,14H2,1H3,(H,25,27)/b24-15+. The number of hydrogen-bond acceptors (Lipinski definition) is 6. The Morgan fingerprint density at radius 2 is 1.87 bits per heavy atom. The first kappa shape index (κ1) is 20.9. The number of ether oxygens (including phenoxy) is 1. The summed E-state index contributed by atoms with van der Waals surface area (Å²) in [6.07, 6.45) is 3.17. The summed E-state index contributed by atoms with van der Waals surface area (Å²) in [6.45, 7) is 2.45. The van der Waals surface area contributed by atoms with E-state index in [1.807, 2.05) is 6.92 Å². The van der Waals surface area contributed by atoms with Crippen LogP contribution < -0.4 is 5.43 Å². The van der Waals surface area contributed by atoms with Crippen molar-refractivity contribution in [3.05, 3.63) is 77.6 Å². The smallest absolute Gasteiger partial charge is 0.338 e. The van der Waals surface area contributed by atoms with Gasteiger partial charge in [-0.05, 0) is 42.8 Å². The number of hydrogen-bond donors (Lipinski definition) is 2. The van der Waals surface area contributed by atoms with E-state index >= 15 is 0 Å². The second kappa shape index (κ2) is 10.1. The van der Waals surface area contributed by atoms with E-state index in [1.54, 1.807) is 48.5 Å². The first-order valence-electron chi connectivity index (χ1n) is 9.57. The van der Waals surface area contributed by atoms with E-state index in [0.717, 1.165) is 18.4 Å². The monoisotopic (exact) mass is 406 g/mol. The van der Waals surface area contributed by atoms with Gasteiger partial charge in [-0.2, -0.15) is 5.10 Å². The number of amides is 1. The van der Waals surface area contributed by atoms with Gasteiger partial charge in [-0.1, -0.05) is 37.6 Å². The molecule has 1 amide bonds. The molecule has 0 saturated carbocycles. The van der Waals surface area contributed by atoms with Gasteiger partial charge in [-0.3, -0.25) is 4.79 Å². The van der Waals surface area contributed by atoms with Crippen LogP contribution in [0.25, 0.3) is 11.3 Å². The molecule has 0 atom stereocenters. The van der Waals surface area contributed by atoms with Crippen molar-refractivity contribution in [2.24, 2.45) is 5.10 Å². The molecule has 0 spiro atoms. The molecule has 0 saturated heterocycles. The topological polar surface area (TPSA) is 101 Å². The Morgan fingerprint density at radius 3 is 2.60 bits per heavy atom. The van der Waals surface area contributed by atoms with Crippen LogP contribution in [0, 0.1) is 0 Å².